The number of amides is 2. The smallest absolute Gasteiger partial charge is 0.261 e. The van der Waals surface area contributed by atoms with Gasteiger partial charge in [-0.05, 0) is 30.3 Å². The molecule has 9 heteroatoms. The molecule has 0 radical (unpaired) electrons. The highest BCUT2D eigenvalue weighted by atomic mass is 35.5. The third-order valence-corrected chi connectivity index (χ3v) is 5.21. The van der Waals surface area contributed by atoms with Gasteiger partial charge in [-0.25, -0.2) is 12.8 Å². The Morgan fingerprint density at radius 2 is 1.64 bits per heavy atom. The molecule has 2 aromatic rings. The zero-order valence-corrected chi connectivity index (χ0v) is 14.3. The van der Waals surface area contributed by atoms with Crippen LogP contribution in [0.5, 0.6) is 0 Å². The van der Waals surface area contributed by atoms with Crippen molar-refractivity contribution in [3.8, 4) is 0 Å². The van der Waals surface area contributed by atoms with E-state index in [1.165, 1.54) is 18.2 Å². The highest BCUT2D eigenvalue weighted by molar-refractivity contribution is 7.92. The van der Waals surface area contributed by atoms with E-state index >= 15 is 0 Å². The van der Waals surface area contributed by atoms with E-state index in [1.807, 2.05) is 0 Å². The topological polar surface area (TPSA) is 83.6 Å². The van der Waals surface area contributed by atoms with Crippen LogP contribution in [0, 0.1) is 5.82 Å². The van der Waals surface area contributed by atoms with Crippen molar-refractivity contribution in [1.82, 2.24) is 4.90 Å². The summed E-state index contributed by atoms with van der Waals surface area (Å²) in [6.45, 7) is -0.295. The summed E-state index contributed by atoms with van der Waals surface area (Å²) in [5.74, 6) is -2.22. The molecule has 3 rings (SSSR count). The van der Waals surface area contributed by atoms with Gasteiger partial charge in [0.15, 0.2) is 0 Å². The summed E-state index contributed by atoms with van der Waals surface area (Å²) in [5.41, 5.74) is 0.597. The zero-order valence-electron chi connectivity index (χ0n) is 12.7. The lowest BCUT2D eigenvalue weighted by Crippen LogP contribution is -2.35. The quantitative estimate of drug-likeness (QED) is 0.805. The second-order valence-electron chi connectivity index (χ2n) is 5.36. The average molecular weight is 383 g/mol. The molecule has 130 valence electrons. The predicted octanol–water partition coefficient (Wildman–Crippen LogP) is 2.52. The zero-order chi connectivity index (χ0) is 18.2. The molecule has 6 nitrogen and oxygen atoms in total. The molecule has 0 aliphatic carbocycles. The Kier molecular flexibility index (Phi) is 4.49. The maximum absolute atomic E-state index is 13.1. The second kappa shape index (κ2) is 6.45. The average Bonchev–Trinajstić information content (AvgIpc) is 2.81. The minimum Gasteiger partial charge on any atom is -0.283 e. The number of hydrogen-bond acceptors (Lipinski definition) is 4. The van der Waals surface area contributed by atoms with E-state index in [4.69, 9.17) is 11.6 Å². The molecular weight excluding hydrogens is 371 g/mol. The molecule has 0 atom stereocenters. The molecule has 1 aliphatic heterocycles. The van der Waals surface area contributed by atoms with Crippen LogP contribution >= 0.6 is 11.6 Å². The molecule has 1 N–H and O–H groups in total. The van der Waals surface area contributed by atoms with E-state index < -0.39 is 33.4 Å². The fourth-order valence-electron chi connectivity index (χ4n) is 2.44. The van der Waals surface area contributed by atoms with Crippen LogP contribution in [-0.4, -0.2) is 37.4 Å². The number of halogens is 2. The number of sulfonamides is 1. The number of rotatable bonds is 5. The van der Waals surface area contributed by atoms with Gasteiger partial charge in [0.1, 0.15) is 5.82 Å². The van der Waals surface area contributed by atoms with Gasteiger partial charge in [-0.1, -0.05) is 23.7 Å². The SMILES string of the molecule is O=C1c2ccccc2C(=O)N1CCS(=O)(=O)Nc1ccc(F)c(Cl)c1. The monoisotopic (exact) mass is 382 g/mol. The molecule has 0 unspecified atom stereocenters. The van der Waals surface area contributed by atoms with Crippen molar-refractivity contribution >= 4 is 39.1 Å². The summed E-state index contributed by atoms with van der Waals surface area (Å²) in [6, 6.07) is 9.68. The first kappa shape index (κ1) is 17.4. The van der Waals surface area contributed by atoms with E-state index in [2.05, 4.69) is 4.72 Å². The van der Waals surface area contributed by atoms with Gasteiger partial charge in [-0.2, -0.15) is 0 Å². The van der Waals surface area contributed by atoms with Gasteiger partial charge in [0.05, 0.1) is 27.6 Å². The van der Waals surface area contributed by atoms with Crippen LogP contribution in [0.15, 0.2) is 42.5 Å². The van der Waals surface area contributed by atoms with Gasteiger partial charge in [0.25, 0.3) is 11.8 Å². The van der Waals surface area contributed by atoms with Crippen LogP contribution < -0.4 is 4.72 Å². The lowest BCUT2D eigenvalue weighted by atomic mass is 10.1. The molecular formula is C16H12ClFN2O4S. The first-order valence-electron chi connectivity index (χ1n) is 7.19. The van der Waals surface area contributed by atoms with Gasteiger partial charge in [0.2, 0.25) is 10.0 Å². The number of imide groups is 1. The van der Waals surface area contributed by atoms with Gasteiger partial charge in [-0.15, -0.1) is 0 Å². The fourth-order valence-corrected chi connectivity index (χ4v) is 3.64. The minimum absolute atomic E-state index is 0.0914. The molecule has 2 amide bonds. The number of fused-ring (bicyclic) bond motifs is 1. The van der Waals surface area contributed by atoms with E-state index in [0.29, 0.717) is 0 Å². The van der Waals surface area contributed by atoms with E-state index in [-0.39, 0.29) is 28.4 Å². The highest BCUT2D eigenvalue weighted by Gasteiger charge is 2.35. The first-order chi connectivity index (χ1) is 11.8. The van der Waals surface area contributed by atoms with E-state index in [1.54, 1.807) is 12.1 Å². The lowest BCUT2D eigenvalue weighted by molar-refractivity contribution is 0.0664. The summed E-state index contributed by atoms with van der Waals surface area (Å²) >= 11 is 5.61. The number of carbonyl (C=O) groups excluding carboxylic acids is 2. The van der Waals surface area contributed by atoms with Crippen molar-refractivity contribution in [2.45, 2.75) is 0 Å². The van der Waals surface area contributed by atoms with Crippen molar-refractivity contribution in [3.63, 3.8) is 0 Å². The Bertz CT molecular complexity index is 943. The number of benzene rings is 2. The van der Waals surface area contributed by atoms with Crippen molar-refractivity contribution in [2.75, 3.05) is 17.0 Å². The molecule has 25 heavy (non-hydrogen) atoms. The van der Waals surface area contributed by atoms with Crippen LogP contribution in [0.2, 0.25) is 5.02 Å². The number of nitrogens with zero attached hydrogens (tertiary/aromatic N) is 1. The fraction of sp³-hybridized carbons (Fsp3) is 0.125. The van der Waals surface area contributed by atoms with E-state index in [9.17, 15) is 22.4 Å². The molecule has 0 saturated heterocycles. The molecule has 0 saturated carbocycles. The van der Waals surface area contributed by atoms with Crippen molar-refractivity contribution in [2.24, 2.45) is 0 Å². The van der Waals surface area contributed by atoms with Crippen molar-refractivity contribution in [3.05, 3.63) is 64.4 Å². The molecule has 1 heterocycles. The largest absolute Gasteiger partial charge is 0.283 e. The molecule has 0 bridgehead atoms. The summed E-state index contributed by atoms with van der Waals surface area (Å²) in [5, 5.41) is -0.222. The Morgan fingerprint density at radius 3 is 2.20 bits per heavy atom. The number of hydrogen-bond donors (Lipinski definition) is 1. The minimum atomic E-state index is -3.86. The Labute approximate surface area is 148 Å². The maximum atomic E-state index is 13.1. The summed E-state index contributed by atoms with van der Waals surface area (Å²) < 4.78 is 39.6. The van der Waals surface area contributed by atoms with Gasteiger partial charge >= 0.3 is 0 Å². The maximum Gasteiger partial charge on any atom is 0.261 e. The Balaban J connectivity index is 1.70. The molecule has 2 aromatic carbocycles. The van der Waals surface area contributed by atoms with Gasteiger partial charge < -0.3 is 0 Å². The number of carbonyl (C=O) groups is 2. The van der Waals surface area contributed by atoms with Crippen LogP contribution in [0.4, 0.5) is 10.1 Å². The molecule has 0 aromatic heterocycles. The van der Waals surface area contributed by atoms with E-state index in [0.717, 1.165) is 17.0 Å². The Morgan fingerprint density at radius 1 is 1.04 bits per heavy atom. The Hall–Kier alpha value is -2.45. The summed E-state index contributed by atoms with van der Waals surface area (Å²) in [4.78, 5) is 25.3. The summed E-state index contributed by atoms with van der Waals surface area (Å²) in [7, 11) is -3.86. The van der Waals surface area contributed by atoms with Crippen molar-refractivity contribution < 1.29 is 22.4 Å². The van der Waals surface area contributed by atoms with Gasteiger partial charge in [0, 0.05) is 6.54 Å². The number of nitrogens with one attached hydrogen (secondary N) is 1. The highest BCUT2D eigenvalue weighted by Crippen LogP contribution is 2.23. The van der Waals surface area contributed by atoms with Crippen LogP contribution in [0.25, 0.3) is 0 Å². The standard InChI is InChI=1S/C16H12ClFN2O4S/c17-13-9-10(5-6-14(13)18)19-25(23,24)8-7-20-15(21)11-3-1-2-4-12(11)16(20)22/h1-6,9,19H,7-8H2. The summed E-state index contributed by atoms with van der Waals surface area (Å²) in [6.07, 6.45) is 0. The normalized spacial score (nSPS) is 13.9. The number of anilines is 1. The third kappa shape index (κ3) is 3.49. The second-order valence-corrected chi connectivity index (χ2v) is 7.61. The molecule has 1 aliphatic rings. The predicted molar refractivity (Wildman–Crippen MR) is 90.6 cm³/mol. The lowest BCUT2D eigenvalue weighted by Gasteiger charge is -2.14. The van der Waals surface area contributed by atoms with Crippen LogP contribution in [-0.2, 0) is 10.0 Å². The van der Waals surface area contributed by atoms with Crippen LogP contribution in [0.3, 0.4) is 0 Å². The third-order valence-electron chi connectivity index (χ3n) is 3.65. The first-order valence-corrected chi connectivity index (χ1v) is 9.22. The molecule has 0 spiro atoms. The molecule has 0 fully saturated rings. The van der Waals surface area contributed by atoms with Crippen molar-refractivity contribution in [1.29, 1.82) is 0 Å². The van der Waals surface area contributed by atoms with Gasteiger partial charge in [-0.3, -0.25) is 19.2 Å². The van der Waals surface area contributed by atoms with Crippen LogP contribution in [0.1, 0.15) is 20.7 Å².